The molecule has 4 nitrogen and oxygen atoms in total. The van der Waals surface area contributed by atoms with Gasteiger partial charge in [-0.15, -0.1) is 12.4 Å². The van der Waals surface area contributed by atoms with E-state index in [1.807, 2.05) is 24.3 Å². The largest absolute Gasteiger partial charge is 0.497 e. The Labute approximate surface area is 158 Å². The van der Waals surface area contributed by atoms with Crippen LogP contribution in [0.15, 0.2) is 24.3 Å². The van der Waals surface area contributed by atoms with Crippen LogP contribution in [0.4, 0.5) is 0 Å². The van der Waals surface area contributed by atoms with Crippen molar-refractivity contribution in [2.45, 2.75) is 44.8 Å². The molecule has 5 heteroatoms. The van der Waals surface area contributed by atoms with Crippen molar-refractivity contribution in [3.05, 3.63) is 29.8 Å². The molecule has 2 rings (SSSR count). The second-order valence-corrected chi connectivity index (χ2v) is 7.74. The third kappa shape index (κ3) is 5.85. The molecule has 0 aromatic heterocycles. The fourth-order valence-corrected chi connectivity index (χ4v) is 3.63. The van der Waals surface area contributed by atoms with Crippen LogP contribution in [0.3, 0.4) is 0 Å². The van der Waals surface area contributed by atoms with Crippen molar-refractivity contribution in [2.75, 3.05) is 34.4 Å². The van der Waals surface area contributed by atoms with Gasteiger partial charge in [0.1, 0.15) is 5.75 Å². The first kappa shape index (κ1) is 22.2. The first-order valence-electron chi connectivity index (χ1n) is 8.98. The fraction of sp³-hybridized carbons (Fsp3) is 0.700. The molecule has 0 saturated heterocycles. The summed E-state index contributed by atoms with van der Waals surface area (Å²) in [6.07, 6.45) is 2.74. The van der Waals surface area contributed by atoms with Crippen molar-refractivity contribution >= 4 is 12.4 Å². The van der Waals surface area contributed by atoms with E-state index in [0.29, 0.717) is 5.92 Å². The van der Waals surface area contributed by atoms with E-state index in [0.717, 1.165) is 43.7 Å². The van der Waals surface area contributed by atoms with Gasteiger partial charge in [-0.05, 0) is 57.0 Å². The molecule has 0 aliphatic heterocycles. The van der Waals surface area contributed by atoms with Crippen molar-refractivity contribution in [3.8, 4) is 5.75 Å². The Morgan fingerprint density at radius 1 is 1.32 bits per heavy atom. The molecular weight excluding hydrogens is 338 g/mol. The van der Waals surface area contributed by atoms with Gasteiger partial charge in [-0.1, -0.05) is 26.0 Å². The number of aliphatic hydroxyl groups is 1. The zero-order valence-electron chi connectivity index (χ0n) is 16.2. The summed E-state index contributed by atoms with van der Waals surface area (Å²) >= 11 is 0. The summed E-state index contributed by atoms with van der Waals surface area (Å²) in [5.41, 5.74) is 0.132. The van der Waals surface area contributed by atoms with Crippen LogP contribution in [0, 0.1) is 11.8 Å². The first-order valence-corrected chi connectivity index (χ1v) is 8.98. The number of nitrogens with zero attached hydrogens (tertiary/aromatic N) is 1. The summed E-state index contributed by atoms with van der Waals surface area (Å²) in [7, 11) is 5.78. The predicted octanol–water partition coefficient (Wildman–Crippen LogP) is 3.71. The van der Waals surface area contributed by atoms with Crippen LogP contribution >= 0.6 is 12.4 Å². The van der Waals surface area contributed by atoms with Crippen molar-refractivity contribution in [2.24, 2.45) is 11.8 Å². The van der Waals surface area contributed by atoms with E-state index in [4.69, 9.17) is 9.47 Å². The minimum atomic E-state index is -0.823. The number of hydrogen-bond acceptors (Lipinski definition) is 4. The van der Waals surface area contributed by atoms with Gasteiger partial charge < -0.3 is 19.5 Å². The minimum absolute atomic E-state index is 0. The minimum Gasteiger partial charge on any atom is -0.497 e. The van der Waals surface area contributed by atoms with Crippen LogP contribution in [-0.4, -0.2) is 50.5 Å². The number of ether oxygens (including phenoxy) is 2. The molecule has 25 heavy (non-hydrogen) atoms. The van der Waals surface area contributed by atoms with Crippen molar-refractivity contribution in [3.63, 3.8) is 0 Å². The topological polar surface area (TPSA) is 41.9 Å². The van der Waals surface area contributed by atoms with E-state index in [1.54, 1.807) is 7.11 Å². The normalized spacial score (nSPS) is 26.6. The SMILES string of the molecule is COc1cccc(C2(O)CCC(OCC(C)C)CC2CN(C)C)c1.Cl. The monoisotopic (exact) mass is 371 g/mol. The molecule has 0 bridgehead atoms. The average Bonchev–Trinajstić information content (AvgIpc) is 2.55. The second-order valence-electron chi connectivity index (χ2n) is 7.74. The summed E-state index contributed by atoms with van der Waals surface area (Å²) in [6, 6.07) is 7.86. The maximum Gasteiger partial charge on any atom is 0.119 e. The number of benzene rings is 1. The van der Waals surface area contributed by atoms with Gasteiger partial charge in [0.2, 0.25) is 0 Å². The molecule has 1 aliphatic rings. The molecule has 0 heterocycles. The lowest BCUT2D eigenvalue weighted by Crippen LogP contribution is -2.47. The number of hydrogen-bond donors (Lipinski definition) is 1. The van der Waals surface area contributed by atoms with E-state index in [-0.39, 0.29) is 24.4 Å². The van der Waals surface area contributed by atoms with Gasteiger partial charge in [0.25, 0.3) is 0 Å². The van der Waals surface area contributed by atoms with E-state index >= 15 is 0 Å². The molecule has 1 aromatic carbocycles. The van der Waals surface area contributed by atoms with Crippen molar-refractivity contribution in [1.29, 1.82) is 0 Å². The maximum atomic E-state index is 11.5. The van der Waals surface area contributed by atoms with Gasteiger partial charge in [0.15, 0.2) is 0 Å². The Hall–Kier alpha value is -0.810. The zero-order chi connectivity index (χ0) is 17.7. The van der Waals surface area contributed by atoms with Crippen molar-refractivity contribution < 1.29 is 14.6 Å². The molecule has 0 spiro atoms. The van der Waals surface area contributed by atoms with Gasteiger partial charge in [-0.25, -0.2) is 0 Å². The Balaban J connectivity index is 0.00000312. The van der Waals surface area contributed by atoms with Crippen LogP contribution in [0.5, 0.6) is 5.75 Å². The van der Waals surface area contributed by atoms with Gasteiger partial charge in [0.05, 0.1) is 18.8 Å². The van der Waals surface area contributed by atoms with Crippen LogP contribution in [0.25, 0.3) is 0 Å². The molecule has 1 saturated carbocycles. The Kier molecular flexibility index (Phi) is 8.69. The molecule has 1 N–H and O–H groups in total. The van der Waals surface area contributed by atoms with Crippen molar-refractivity contribution in [1.82, 2.24) is 4.90 Å². The number of rotatable bonds is 7. The Morgan fingerprint density at radius 3 is 2.64 bits per heavy atom. The highest BCUT2D eigenvalue weighted by Crippen LogP contribution is 2.43. The highest BCUT2D eigenvalue weighted by atomic mass is 35.5. The molecule has 1 fully saturated rings. The zero-order valence-corrected chi connectivity index (χ0v) is 17.0. The Morgan fingerprint density at radius 2 is 2.04 bits per heavy atom. The van der Waals surface area contributed by atoms with E-state index in [2.05, 4.69) is 32.8 Å². The first-order chi connectivity index (χ1) is 11.3. The van der Waals surface area contributed by atoms with E-state index in [1.165, 1.54) is 0 Å². The van der Waals surface area contributed by atoms with E-state index < -0.39 is 5.60 Å². The summed E-state index contributed by atoms with van der Waals surface area (Å²) in [4.78, 5) is 2.15. The lowest BCUT2D eigenvalue weighted by molar-refractivity contribution is -0.110. The average molecular weight is 372 g/mol. The molecule has 144 valence electrons. The van der Waals surface area contributed by atoms with Gasteiger partial charge in [0, 0.05) is 19.1 Å². The van der Waals surface area contributed by atoms with Gasteiger partial charge in [-0.3, -0.25) is 0 Å². The molecule has 1 aliphatic carbocycles. The van der Waals surface area contributed by atoms with Gasteiger partial charge in [-0.2, -0.15) is 0 Å². The van der Waals surface area contributed by atoms with E-state index in [9.17, 15) is 5.11 Å². The number of methoxy groups -OCH3 is 1. The Bertz CT molecular complexity index is 523. The highest BCUT2D eigenvalue weighted by molar-refractivity contribution is 5.85. The molecule has 3 atom stereocenters. The lowest BCUT2D eigenvalue weighted by Gasteiger charge is -2.44. The summed E-state index contributed by atoms with van der Waals surface area (Å²) in [6.45, 7) is 5.98. The third-order valence-corrected chi connectivity index (χ3v) is 4.89. The molecule has 1 aromatic rings. The smallest absolute Gasteiger partial charge is 0.119 e. The van der Waals surface area contributed by atoms with Crippen LogP contribution in [0.2, 0.25) is 0 Å². The van der Waals surface area contributed by atoms with Gasteiger partial charge >= 0.3 is 0 Å². The quantitative estimate of drug-likeness (QED) is 0.793. The molecule has 0 amide bonds. The van der Waals surface area contributed by atoms with Crippen LogP contribution in [0.1, 0.15) is 38.7 Å². The molecular formula is C20H34ClNO3. The second kappa shape index (κ2) is 9.77. The number of halogens is 1. The highest BCUT2D eigenvalue weighted by Gasteiger charge is 2.44. The lowest BCUT2D eigenvalue weighted by atomic mass is 9.70. The summed E-state index contributed by atoms with van der Waals surface area (Å²) < 4.78 is 11.4. The fourth-order valence-electron chi connectivity index (χ4n) is 3.63. The summed E-state index contributed by atoms with van der Waals surface area (Å²) in [5, 5.41) is 11.5. The maximum absolute atomic E-state index is 11.5. The van der Waals surface area contributed by atoms with Crippen LogP contribution in [-0.2, 0) is 10.3 Å². The van der Waals surface area contributed by atoms with Crippen LogP contribution < -0.4 is 4.74 Å². The molecule has 3 unspecified atom stereocenters. The standard InChI is InChI=1S/C20H33NO3.ClH/c1-15(2)14-24-19-9-10-20(22,17(12-19)13-21(3)4)16-7-6-8-18(11-16)23-5;/h6-8,11,15,17,19,22H,9-10,12-14H2,1-5H3;1H. The summed E-state index contributed by atoms with van der Waals surface area (Å²) in [5.74, 6) is 1.48. The third-order valence-electron chi connectivity index (χ3n) is 4.89. The predicted molar refractivity (Wildman–Crippen MR) is 105 cm³/mol. The molecule has 0 radical (unpaired) electrons.